The highest BCUT2D eigenvalue weighted by Gasteiger charge is 2.31. The largest absolute Gasteiger partial charge is 0.494 e. The van der Waals surface area contributed by atoms with Crippen molar-refractivity contribution in [2.45, 2.75) is 18.6 Å². The first-order chi connectivity index (χ1) is 13.0. The van der Waals surface area contributed by atoms with Crippen molar-refractivity contribution in [3.05, 3.63) is 53.2 Å². The van der Waals surface area contributed by atoms with Crippen LogP contribution < -0.4 is 4.74 Å². The first-order valence-electron chi connectivity index (χ1n) is 8.78. The van der Waals surface area contributed by atoms with Crippen LogP contribution in [0.5, 0.6) is 5.75 Å². The Hall–Kier alpha value is -2.28. The fourth-order valence-corrected chi connectivity index (χ4v) is 3.74. The second-order valence-corrected chi connectivity index (χ2v) is 7.37. The van der Waals surface area contributed by atoms with Crippen molar-refractivity contribution in [2.75, 3.05) is 26.5 Å². The van der Waals surface area contributed by atoms with Gasteiger partial charge in [0.05, 0.1) is 12.9 Å². The molecule has 0 bridgehead atoms. The monoisotopic (exact) mass is 391 g/mol. The molecule has 1 atom stereocenters. The molecule has 0 N–H and O–H groups in total. The summed E-state index contributed by atoms with van der Waals surface area (Å²) in [7, 11) is 1.38. The first-order valence-corrected chi connectivity index (χ1v) is 10.2. The van der Waals surface area contributed by atoms with E-state index in [4.69, 9.17) is 9.15 Å². The molecule has 1 aromatic carbocycles. The second-order valence-electron chi connectivity index (χ2n) is 6.50. The summed E-state index contributed by atoms with van der Waals surface area (Å²) >= 11 is 1.62. The maximum atomic E-state index is 13.9. The van der Waals surface area contributed by atoms with Crippen LogP contribution in [0.25, 0.3) is 0 Å². The van der Waals surface area contributed by atoms with Crippen molar-refractivity contribution in [3.8, 4) is 5.75 Å². The summed E-state index contributed by atoms with van der Waals surface area (Å²) in [6, 6.07) is 7.69. The van der Waals surface area contributed by atoms with Crippen LogP contribution in [0.15, 0.2) is 34.7 Å². The maximum absolute atomic E-state index is 13.9. The van der Waals surface area contributed by atoms with Gasteiger partial charge in [-0.25, -0.2) is 4.39 Å². The Bertz CT molecular complexity index is 835. The molecule has 1 aliphatic heterocycles. The minimum Gasteiger partial charge on any atom is -0.494 e. The lowest BCUT2D eigenvalue weighted by atomic mass is 9.90. The molecule has 27 heavy (non-hydrogen) atoms. The summed E-state index contributed by atoms with van der Waals surface area (Å²) in [4.78, 5) is 27.1. The average Bonchev–Trinajstić information content (AvgIpc) is 3.15. The molecule has 1 amide bonds. The zero-order valence-electron chi connectivity index (χ0n) is 15.4. The Labute approximate surface area is 161 Å². The number of hydrogen-bond donors (Lipinski definition) is 0. The van der Waals surface area contributed by atoms with Crippen molar-refractivity contribution in [2.24, 2.45) is 5.92 Å². The van der Waals surface area contributed by atoms with E-state index in [0.29, 0.717) is 36.6 Å². The summed E-state index contributed by atoms with van der Waals surface area (Å²) in [5.41, 5.74) is 0.299. The van der Waals surface area contributed by atoms with Gasteiger partial charge >= 0.3 is 0 Å². The predicted molar refractivity (Wildman–Crippen MR) is 102 cm³/mol. The Morgan fingerprint density at radius 2 is 2.15 bits per heavy atom. The molecule has 1 aliphatic rings. The van der Waals surface area contributed by atoms with Crippen LogP contribution in [-0.4, -0.2) is 43.0 Å². The normalized spacial score (nSPS) is 17.0. The molecule has 2 aromatic rings. The average molecular weight is 391 g/mol. The van der Waals surface area contributed by atoms with Crippen LogP contribution in [0, 0.1) is 11.7 Å². The van der Waals surface area contributed by atoms with E-state index >= 15 is 0 Å². The Morgan fingerprint density at radius 1 is 1.33 bits per heavy atom. The fraction of sp³-hybridized carbons (Fsp3) is 0.400. The SMILES string of the molecule is COc1ccc(C(=O)C2CCCN(C(=O)c3ccc(CSC)o3)C2)cc1F. The van der Waals surface area contributed by atoms with Gasteiger partial charge in [0.1, 0.15) is 5.76 Å². The third-order valence-corrected chi connectivity index (χ3v) is 5.25. The number of carbonyl (C=O) groups is 2. The number of benzene rings is 1. The number of nitrogens with zero attached hydrogens (tertiary/aromatic N) is 1. The van der Waals surface area contributed by atoms with Crippen molar-refractivity contribution >= 4 is 23.5 Å². The number of rotatable bonds is 6. The number of ether oxygens (including phenoxy) is 1. The Kier molecular flexibility index (Phi) is 6.21. The lowest BCUT2D eigenvalue weighted by Crippen LogP contribution is -2.42. The molecule has 0 saturated carbocycles. The van der Waals surface area contributed by atoms with E-state index in [1.807, 2.05) is 6.26 Å². The molecule has 3 rings (SSSR count). The first kappa shape index (κ1) is 19.5. The highest BCUT2D eigenvalue weighted by molar-refractivity contribution is 7.97. The zero-order chi connectivity index (χ0) is 19.4. The van der Waals surface area contributed by atoms with Crippen LogP contribution >= 0.6 is 11.8 Å². The van der Waals surface area contributed by atoms with Crippen molar-refractivity contribution in [1.82, 2.24) is 4.90 Å². The molecule has 0 aliphatic carbocycles. The van der Waals surface area contributed by atoms with Gasteiger partial charge in [-0.3, -0.25) is 9.59 Å². The Morgan fingerprint density at radius 3 is 2.85 bits per heavy atom. The molecule has 2 heterocycles. The standard InChI is InChI=1S/C20H22FNO4S/c1-25-17-7-5-13(10-16(17)21)19(23)14-4-3-9-22(11-14)20(24)18-8-6-15(26-18)12-27-2/h5-8,10,14H,3-4,9,11-12H2,1-2H3. The van der Waals surface area contributed by atoms with E-state index in [9.17, 15) is 14.0 Å². The van der Waals surface area contributed by atoms with Gasteiger partial charge in [0, 0.05) is 24.6 Å². The molecule has 0 spiro atoms. The number of furan rings is 1. The molecule has 144 valence electrons. The molecule has 0 radical (unpaired) electrons. The highest BCUT2D eigenvalue weighted by atomic mass is 32.2. The third kappa shape index (κ3) is 4.35. The van der Waals surface area contributed by atoms with Gasteiger partial charge in [-0.2, -0.15) is 11.8 Å². The fourth-order valence-electron chi connectivity index (χ4n) is 3.30. The van der Waals surface area contributed by atoms with E-state index in [0.717, 1.165) is 12.2 Å². The number of amides is 1. The minimum absolute atomic E-state index is 0.103. The predicted octanol–water partition coefficient (Wildman–Crippen LogP) is 4.03. The van der Waals surface area contributed by atoms with E-state index in [2.05, 4.69) is 0 Å². The number of carbonyl (C=O) groups excluding carboxylic acids is 2. The topological polar surface area (TPSA) is 59.8 Å². The van der Waals surface area contributed by atoms with Gasteiger partial charge in [-0.05, 0) is 49.4 Å². The summed E-state index contributed by atoms with van der Waals surface area (Å²) < 4.78 is 24.4. The number of methoxy groups -OCH3 is 1. The summed E-state index contributed by atoms with van der Waals surface area (Å²) in [6.45, 7) is 0.891. The zero-order valence-corrected chi connectivity index (χ0v) is 16.2. The van der Waals surface area contributed by atoms with E-state index < -0.39 is 5.82 Å². The molecule has 1 fully saturated rings. The molecule has 5 nitrogen and oxygen atoms in total. The number of ketones is 1. The van der Waals surface area contributed by atoms with Crippen molar-refractivity contribution in [3.63, 3.8) is 0 Å². The lowest BCUT2D eigenvalue weighted by molar-refractivity contribution is 0.0609. The second kappa shape index (κ2) is 8.61. The summed E-state index contributed by atoms with van der Waals surface area (Å²) in [5.74, 6) is 0.576. The van der Waals surface area contributed by atoms with Gasteiger partial charge in [0.2, 0.25) is 0 Å². The maximum Gasteiger partial charge on any atom is 0.289 e. The van der Waals surface area contributed by atoms with E-state index in [1.54, 1.807) is 34.9 Å². The number of halogens is 1. The van der Waals surface area contributed by atoms with Crippen molar-refractivity contribution < 1.29 is 23.1 Å². The van der Waals surface area contributed by atoms with Gasteiger partial charge in [-0.1, -0.05) is 0 Å². The molecule has 7 heteroatoms. The Balaban J connectivity index is 1.70. The van der Waals surface area contributed by atoms with Crippen LogP contribution in [0.1, 0.15) is 39.5 Å². The number of thioether (sulfide) groups is 1. The number of piperidine rings is 1. The number of hydrogen-bond acceptors (Lipinski definition) is 5. The molecule has 1 aromatic heterocycles. The number of Topliss-reactive ketones (excluding diaryl/α,β-unsaturated/α-hetero) is 1. The molecular weight excluding hydrogens is 369 g/mol. The minimum atomic E-state index is -0.566. The quantitative estimate of drug-likeness (QED) is 0.696. The summed E-state index contributed by atoms with van der Waals surface area (Å²) in [5, 5.41) is 0. The van der Waals surface area contributed by atoms with Crippen LogP contribution in [-0.2, 0) is 5.75 Å². The van der Waals surface area contributed by atoms with Gasteiger partial charge in [0.25, 0.3) is 5.91 Å². The molecule has 1 unspecified atom stereocenters. The van der Waals surface area contributed by atoms with E-state index in [-0.39, 0.29) is 23.4 Å². The summed E-state index contributed by atoms with van der Waals surface area (Å²) in [6.07, 6.45) is 3.36. The van der Waals surface area contributed by atoms with Gasteiger partial charge in [-0.15, -0.1) is 0 Å². The molecular formula is C20H22FNO4S. The van der Waals surface area contributed by atoms with Crippen LogP contribution in [0.2, 0.25) is 0 Å². The van der Waals surface area contributed by atoms with Crippen LogP contribution in [0.4, 0.5) is 4.39 Å². The van der Waals surface area contributed by atoms with Gasteiger partial charge in [0.15, 0.2) is 23.1 Å². The third-order valence-electron chi connectivity index (χ3n) is 4.67. The smallest absolute Gasteiger partial charge is 0.289 e. The highest BCUT2D eigenvalue weighted by Crippen LogP contribution is 2.25. The number of likely N-dealkylation sites (tertiary alicyclic amines) is 1. The molecule has 1 saturated heterocycles. The van der Waals surface area contributed by atoms with Crippen molar-refractivity contribution in [1.29, 1.82) is 0 Å². The van der Waals surface area contributed by atoms with Gasteiger partial charge < -0.3 is 14.1 Å². The van der Waals surface area contributed by atoms with Crippen LogP contribution in [0.3, 0.4) is 0 Å². The van der Waals surface area contributed by atoms with E-state index in [1.165, 1.54) is 19.2 Å². The lowest BCUT2D eigenvalue weighted by Gasteiger charge is -2.31.